The Morgan fingerprint density at radius 2 is 0.933 bits per heavy atom. The highest BCUT2D eigenvalue weighted by Crippen LogP contribution is 2.23. The second-order valence-electron chi connectivity index (χ2n) is 19.3. The van der Waals surface area contributed by atoms with Crippen molar-refractivity contribution in [2.24, 2.45) is 11.8 Å². The Hall–Kier alpha value is -4.79. The summed E-state index contributed by atoms with van der Waals surface area (Å²) in [6.07, 6.45) is 4.14. The average molecular weight is 1140 g/mol. The number of halogens is 1. The van der Waals surface area contributed by atoms with E-state index < -0.39 is 32.3 Å². The molecule has 0 saturated heterocycles. The normalized spacial score (nSPS) is 13.4. The number of nitrogens with zero attached hydrogens (tertiary/aromatic N) is 6. The minimum atomic E-state index is -3.73. The highest BCUT2D eigenvalue weighted by Gasteiger charge is 2.27. The van der Waals surface area contributed by atoms with Crippen LogP contribution in [0.25, 0.3) is 17.5 Å². The predicted molar refractivity (Wildman–Crippen MR) is 308 cm³/mol. The van der Waals surface area contributed by atoms with E-state index in [0.29, 0.717) is 5.69 Å². The topological polar surface area (TPSA) is 190 Å². The van der Waals surface area contributed by atoms with Crippen molar-refractivity contribution < 1.29 is 40.2 Å². The highest BCUT2D eigenvalue weighted by molar-refractivity contribution is 9.08. The lowest BCUT2D eigenvalue weighted by molar-refractivity contribution is -0.0143. The Kier molecular flexibility index (Phi) is 27.3. The SMILES string of the molecule is C.C=CCO[C@@H](COS(C)(=O)=O)[C@@H](COS(C)(=O)=O)Cc1cc(C)cc(-n2c(C)ccc2C)n1.CC[C@H](C)O.Cc1cc(CBr)nc(-n2c(C)ccc2C)c1.Cc1cc(C[C@H](C)[C@H](C)O)nc(-n2c(C)ccc2C)c1. The Morgan fingerprint density at radius 3 is 1.25 bits per heavy atom. The molecule has 5 atom stereocenters. The van der Waals surface area contributed by atoms with Gasteiger partial charge in [0.25, 0.3) is 20.2 Å². The highest BCUT2D eigenvalue weighted by atomic mass is 79.9. The van der Waals surface area contributed by atoms with Gasteiger partial charge in [0.05, 0.1) is 56.3 Å². The molecule has 6 rings (SSSR count). The van der Waals surface area contributed by atoms with Crippen LogP contribution in [0.15, 0.2) is 85.5 Å². The number of hydrogen-bond acceptors (Lipinski definition) is 12. The van der Waals surface area contributed by atoms with Gasteiger partial charge < -0.3 is 28.7 Å². The number of alkyl halides is 1. The molecule has 6 aromatic heterocycles. The van der Waals surface area contributed by atoms with Crippen molar-refractivity contribution in [3.8, 4) is 17.5 Å². The molecule has 0 aliphatic rings. The maximum absolute atomic E-state index is 11.7. The maximum atomic E-state index is 11.7. The van der Waals surface area contributed by atoms with Gasteiger partial charge >= 0.3 is 0 Å². The van der Waals surface area contributed by atoms with Crippen LogP contribution >= 0.6 is 15.9 Å². The van der Waals surface area contributed by atoms with Crippen molar-refractivity contribution in [1.82, 2.24) is 28.7 Å². The Bertz CT molecular complexity index is 2900. The van der Waals surface area contributed by atoms with Gasteiger partial charge in [0.2, 0.25) is 0 Å². The lowest BCUT2D eigenvalue weighted by Crippen LogP contribution is -2.35. The molecule has 0 radical (unpaired) electrons. The molecule has 2 N–H and O–H groups in total. The first kappa shape index (κ1) is 66.3. The zero-order valence-electron chi connectivity index (χ0n) is 46.2. The van der Waals surface area contributed by atoms with Crippen LogP contribution in [-0.2, 0) is 51.5 Å². The Balaban J connectivity index is 0.000000389. The quantitative estimate of drug-likeness (QED) is 0.0419. The van der Waals surface area contributed by atoms with E-state index in [0.717, 1.165) is 76.5 Å². The fourth-order valence-electron chi connectivity index (χ4n) is 7.85. The number of rotatable bonds is 20. The van der Waals surface area contributed by atoms with Gasteiger partial charge in [-0.05, 0) is 191 Å². The van der Waals surface area contributed by atoms with Crippen molar-refractivity contribution in [2.45, 2.75) is 140 Å². The third-order valence-electron chi connectivity index (χ3n) is 12.0. The molecular weight excluding hydrogens is 1060 g/mol. The summed E-state index contributed by atoms with van der Waals surface area (Å²) >= 11 is 3.45. The standard InChI is InChI=1S/C22H32N2O7S2.C17H24N2O.C13H15BrN2.C4H10O.CH4/c1-7-10-29-21(15-31-33(6,27)28)19(14-30-32(5,25)26)13-20-11-16(2)12-22(23-20)24-17(3)8-9-18(24)4;1-11-8-16(10-12(2)15(5)20)18-17(9-11)19-13(3)6-7-14(19)4;1-9-6-12(8-14)15-13(7-9)16-10(2)4-5-11(16)3;1-3-4(2)5;/h7-9,11-12,19,21H,1,10,13-15H2,2-6H3;6-9,12,15,20H,10H2,1-5H3;4-7H,8H2,1-3H3;4-5H,3H2,1-2H3;1H4/t19-,21+;12-,15-;;4-;/m10.0./s1. The predicted octanol–water partition coefficient (Wildman–Crippen LogP) is 10.9. The Morgan fingerprint density at radius 1 is 0.600 bits per heavy atom. The van der Waals surface area contributed by atoms with Crippen LogP contribution in [0.4, 0.5) is 0 Å². The largest absolute Gasteiger partial charge is 0.393 e. The molecule has 416 valence electrons. The summed E-state index contributed by atoms with van der Waals surface area (Å²) in [5, 5.41) is 18.8. The van der Waals surface area contributed by atoms with E-state index in [9.17, 15) is 21.9 Å². The van der Waals surface area contributed by atoms with E-state index in [4.69, 9.17) is 28.2 Å². The fraction of sp³-hybridized carbons (Fsp3) is 0.491. The Labute approximate surface area is 457 Å². The molecule has 6 aromatic rings. The van der Waals surface area contributed by atoms with Gasteiger partial charge in [-0.1, -0.05) is 43.3 Å². The maximum Gasteiger partial charge on any atom is 0.264 e. The van der Waals surface area contributed by atoms with E-state index in [1.807, 2.05) is 63.5 Å². The average Bonchev–Trinajstić information content (AvgIpc) is 3.96. The molecule has 0 unspecified atom stereocenters. The molecule has 0 aromatic carbocycles. The lowest BCUT2D eigenvalue weighted by atomic mass is 9.97. The first-order valence-electron chi connectivity index (χ1n) is 24.8. The molecule has 0 aliphatic heterocycles. The van der Waals surface area contributed by atoms with Crippen LogP contribution in [0.1, 0.15) is 109 Å². The number of aryl methyl sites for hydroxylation is 9. The minimum absolute atomic E-state index is 0. The van der Waals surface area contributed by atoms with Gasteiger partial charge in [0, 0.05) is 56.8 Å². The van der Waals surface area contributed by atoms with Crippen molar-refractivity contribution in [2.75, 3.05) is 32.3 Å². The van der Waals surface area contributed by atoms with Gasteiger partial charge in [-0.25, -0.2) is 15.0 Å². The number of aliphatic hydroxyl groups is 2. The number of ether oxygens (including phenoxy) is 1. The molecule has 15 nitrogen and oxygen atoms in total. The molecule has 0 aliphatic carbocycles. The number of pyridine rings is 3. The molecule has 0 saturated carbocycles. The van der Waals surface area contributed by atoms with Crippen molar-refractivity contribution in [1.29, 1.82) is 0 Å². The van der Waals surface area contributed by atoms with Crippen LogP contribution < -0.4 is 0 Å². The van der Waals surface area contributed by atoms with Crippen LogP contribution in [0.2, 0.25) is 0 Å². The minimum Gasteiger partial charge on any atom is -0.393 e. The van der Waals surface area contributed by atoms with Crippen molar-refractivity contribution in [3.63, 3.8) is 0 Å². The summed E-state index contributed by atoms with van der Waals surface area (Å²) in [4.78, 5) is 14.2. The second kappa shape index (κ2) is 30.8. The van der Waals surface area contributed by atoms with Gasteiger partial charge in [0.15, 0.2) is 0 Å². The number of hydrogen-bond donors (Lipinski definition) is 2. The monoisotopic (exact) mass is 1140 g/mol. The summed E-state index contributed by atoms with van der Waals surface area (Å²) in [5.41, 5.74) is 13.1. The summed E-state index contributed by atoms with van der Waals surface area (Å²) in [7, 11) is -7.46. The first-order chi connectivity index (χ1) is 34.6. The summed E-state index contributed by atoms with van der Waals surface area (Å²) < 4.78 is 68.5. The van der Waals surface area contributed by atoms with Crippen molar-refractivity contribution >= 4 is 36.2 Å². The van der Waals surface area contributed by atoms with E-state index in [1.54, 1.807) is 6.92 Å². The van der Waals surface area contributed by atoms with E-state index in [1.165, 1.54) is 40.0 Å². The van der Waals surface area contributed by atoms with Gasteiger partial charge in [-0.2, -0.15) is 16.8 Å². The summed E-state index contributed by atoms with van der Waals surface area (Å²) in [5.74, 6) is 2.37. The molecule has 75 heavy (non-hydrogen) atoms. The van der Waals surface area contributed by atoms with E-state index >= 15 is 0 Å². The molecule has 0 bridgehead atoms. The fourth-order valence-corrected chi connectivity index (χ4v) is 8.94. The van der Waals surface area contributed by atoms with Crippen molar-refractivity contribution in [3.05, 3.63) is 153 Å². The third-order valence-corrected chi connectivity index (χ3v) is 13.7. The van der Waals surface area contributed by atoms with Gasteiger partial charge in [-0.15, -0.1) is 6.58 Å². The smallest absolute Gasteiger partial charge is 0.264 e. The molecule has 6 heterocycles. The summed E-state index contributed by atoms with van der Waals surface area (Å²) in [6.45, 7) is 29.3. The second-order valence-corrected chi connectivity index (χ2v) is 23.1. The molecule has 0 amide bonds. The van der Waals surface area contributed by atoms with Crippen LogP contribution in [0.3, 0.4) is 0 Å². The van der Waals surface area contributed by atoms with Gasteiger partial charge in [-0.3, -0.25) is 8.37 Å². The zero-order valence-corrected chi connectivity index (χ0v) is 49.4. The van der Waals surface area contributed by atoms with E-state index in [-0.39, 0.29) is 51.8 Å². The molecule has 0 spiro atoms. The first-order valence-corrected chi connectivity index (χ1v) is 29.5. The third kappa shape index (κ3) is 22.4. The molecule has 18 heteroatoms. The number of aliphatic hydroxyl groups excluding tert-OH is 2. The zero-order chi connectivity index (χ0) is 55.7. The lowest BCUT2D eigenvalue weighted by Gasteiger charge is -2.26. The van der Waals surface area contributed by atoms with Crippen LogP contribution in [0.5, 0.6) is 0 Å². The van der Waals surface area contributed by atoms with E-state index in [2.05, 4.69) is 134 Å². The van der Waals surface area contributed by atoms with Crippen LogP contribution in [0, 0.1) is 74.1 Å². The van der Waals surface area contributed by atoms with Crippen LogP contribution in [-0.4, -0.2) is 106 Å². The van der Waals surface area contributed by atoms with Gasteiger partial charge in [0.1, 0.15) is 17.5 Å². The number of aromatic nitrogens is 6. The molecular formula is C57H85BrN6O9S2. The summed E-state index contributed by atoms with van der Waals surface area (Å²) in [6, 6.07) is 24.8. The molecule has 0 fully saturated rings.